The average Bonchev–Trinajstić information content (AvgIpc) is 3.38. The molecule has 7 nitrogen and oxygen atoms in total. The van der Waals surface area contributed by atoms with Crippen molar-refractivity contribution in [1.29, 1.82) is 0 Å². The minimum absolute atomic E-state index is 0.176. The van der Waals surface area contributed by atoms with E-state index >= 15 is 0 Å². The zero-order valence-corrected chi connectivity index (χ0v) is 29.2. The summed E-state index contributed by atoms with van der Waals surface area (Å²) in [6, 6.07) is 13.4. The predicted molar refractivity (Wildman–Crippen MR) is 182 cm³/mol. The number of alkyl halides is 5. The molecule has 7 atom stereocenters. The molecule has 1 saturated heterocycles. The maximum Gasteiger partial charge on any atom is 0.453 e. The number of rotatable bonds is 11. The van der Waals surface area contributed by atoms with Gasteiger partial charge in [0.1, 0.15) is 5.75 Å². The minimum Gasteiger partial charge on any atom is -0.410 e. The smallest absolute Gasteiger partial charge is 0.410 e. The van der Waals surface area contributed by atoms with Crippen LogP contribution in [0.5, 0.6) is 5.75 Å². The van der Waals surface area contributed by atoms with E-state index in [2.05, 4.69) is 23.2 Å². The molecule has 3 aliphatic carbocycles. The van der Waals surface area contributed by atoms with Crippen LogP contribution in [0.4, 0.5) is 38.1 Å². The number of carbonyl (C=O) groups excluding carboxylic acids is 1. The highest BCUT2D eigenvalue weighted by molar-refractivity contribution is 7.84. The van der Waals surface area contributed by atoms with Gasteiger partial charge in [-0.25, -0.2) is 4.79 Å². The third-order valence-corrected chi connectivity index (χ3v) is 13.2. The number of anilines is 2. The molecule has 276 valence electrons. The van der Waals surface area contributed by atoms with Crippen molar-refractivity contribution in [2.45, 2.75) is 88.8 Å². The summed E-state index contributed by atoms with van der Waals surface area (Å²) in [6.07, 6.45) is -2.89. The first kappa shape index (κ1) is 37.0. The number of morpholine rings is 1. The molecular weight excluding hydrogens is 679 g/mol. The molecule has 13 heteroatoms. The lowest BCUT2D eigenvalue weighted by atomic mass is 9.52. The average molecular weight is 727 g/mol. The molecule has 4 aliphatic rings. The number of hydrogen-bond acceptors (Lipinski definition) is 6. The fourth-order valence-electron chi connectivity index (χ4n) is 9.12. The Hall–Kier alpha value is -2.77. The van der Waals surface area contributed by atoms with E-state index in [4.69, 9.17) is 9.47 Å². The molecule has 0 aromatic heterocycles. The Labute approximate surface area is 292 Å². The van der Waals surface area contributed by atoms with Crippen LogP contribution in [0.2, 0.25) is 0 Å². The number of nitrogens with one attached hydrogen (secondary N) is 1. The largest absolute Gasteiger partial charge is 0.453 e. The van der Waals surface area contributed by atoms with E-state index in [-0.39, 0.29) is 34.9 Å². The lowest BCUT2D eigenvalue weighted by Gasteiger charge is -2.53. The molecular formula is C37H47F5N2O5S. The van der Waals surface area contributed by atoms with Crippen molar-refractivity contribution >= 4 is 28.3 Å². The van der Waals surface area contributed by atoms with Gasteiger partial charge in [-0.3, -0.25) is 9.53 Å². The summed E-state index contributed by atoms with van der Waals surface area (Å²) in [5.41, 5.74) is 3.82. The van der Waals surface area contributed by atoms with Gasteiger partial charge < -0.3 is 19.5 Å². The number of amides is 1. The topological polar surface area (TPSA) is 88.1 Å². The van der Waals surface area contributed by atoms with Crippen molar-refractivity contribution in [1.82, 2.24) is 0 Å². The molecule has 3 fully saturated rings. The summed E-state index contributed by atoms with van der Waals surface area (Å²) in [4.78, 5) is 15.1. The van der Waals surface area contributed by atoms with E-state index in [1.54, 1.807) is 0 Å². The third-order valence-electron chi connectivity index (χ3n) is 11.7. The molecule has 6 rings (SSSR count). The van der Waals surface area contributed by atoms with Crippen molar-refractivity contribution in [3.8, 4) is 5.75 Å². The number of carbonyl (C=O) groups is 1. The van der Waals surface area contributed by atoms with Gasteiger partial charge >= 0.3 is 18.2 Å². The van der Waals surface area contributed by atoms with E-state index in [0.29, 0.717) is 49.3 Å². The van der Waals surface area contributed by atoms with Crippen molar-refractivity contribution < 1.29 is 45.5 Å². The van der Waals surface area contributed by atoms with Gasteiger partial charge in [0.2, 0.25) is 0 Å². The van der Waals surface area contributed by atoms with E-state index in [1.807, 2.05) is 36.4 Å². The van der Waals surface area contributed by atoms with Crippen LogP contribution in [0.25, 0.3) is 0 Å². The van der Waals surface area contributed by atoms with Crippen LogP contribution in [-0.4, -0.2) is 71.4 Å². The monoisotopic (exact) mass is 726 g/mol. The summed E-state index contributed by atoms with van der Waals surface area (Å²) in [5, 5.41) is 13.8. The number of hydrogen-bond donors (Lipinski definition) is 2. The highest BCUT2D eigenvalue weighted by Crippen LogP contribution is 2.62. The second-order valence-corrected chi connectivity index (χ2v) is 16.4. The molecule has 1 amide bonds. The van der Waals surface area contributed by atoms with Gasteiger partial charge in [-0.05, 0) is 128 Å². The molecule has 1 aliphatic heterocycles. The summed E-state index contributed by atoms with van der Waals surface area (Å²) in [5.74, 6) is -3.23. The van der Waals surface area contributed by atoms with Crippen LogP contribution in [0, 0.1) is 23.2 Å². The first-order valence-electron chi connectivity index (χ1n) is 17.8. The number of aliphatic hydroxyl groups is 1. The zero-order valence-electron chi connectivity index (χ0n) is 28.4. The van der Waals surface area contributed by atoms with Gasteiger partial charge in [0.05, 0.1) is 19.3 Å². The summed E-state index contributed by atoms with van der Waals surface area (Å²) in [7, 11) is -1.50. The maximum atomic E-state index is 13.3. The normalized spacial score (nSPS) is 28.7. The number of aliphatic hydroxyl groups excluding tert-OH is 1. The number of fused-ring (bicyclic) bond motifs is 5. The number of ether oxygens (including phenoxy) is 2. The quantitative estimate of drug-likeness (QED) is 0.228. The lowest BCUT2D eigenvalue weighted by Crippen LogP contribution is -2.47. The SMILES string of the molecule is C[C@]12CC[C@@H]3c4ccc(OC(=O)Nc5ccc(N6CCOCC6)cc5)cc4C[C@@H](CCCS(=O)CCCC(F)(F)C(F)(F)F)[C@H]3[C@@H]1CC[C@@H]2O. The Bertz CT molecular complexity index is 1520. The van der Waals surface area contributed by atoms with Gasteiger partial charge in [-0.1, -0.05) is 13.0 Å². The standard InChI is InChI=1S/C37H47F5N2O5S/c1-35-15-13-30-29-10-9-28(49-34(46)43-26-5-7-27(8-6-26)44-16-18-48-19-17-44)23-25(29)22-24(33(30)31(35)11-12-32(35)45)4-2-20-50(47)21-3-14-36(38,39)37(40,41)42/h5-10,23-24,30-33,45H,2-4,11-22H2,1H3,(H,43,46)/t24-,30-,31+,32+,33-,35+,50?/m1/s1. The van der Waals surface area contributed by atoms with Crippen LogP contribution in [0.1, 0.15) is 75.3 Å². The molecule has 1 unspecified atom stereocenters. The van der Waals surface area contributed by atoms with Crippen molar-refractivity contribution in [3.63, 3.8) is 0 Å². The van der Waals surface area contributed by atoms with Crippen LogP contribution in [0.15, 0.2) is 42.5 Å². The molecule has 50 heavy (non-hydrogen) atoms. The summed E-state index contributed by atoms with van der Waals surface area (Å²) in [6.45, 7) is 5.18. The third kappa shape index (κ3) is 7.99. The first-order valence-corrected chi connectivity index (χ1v) is 19.3. The van der Waals surface area contributed by atoms with Crippen molar-refractivity contribution in [2.24, 2.45) is 23.2 Å². The fraction of sp³-hybridized carbons (Fsp3) is 0.649. The molecule has 0 spiro atoms. The highest BCUT2D eigenvalue weighted by Gasteiger charge is 2.57. The van der Waals surface area contributed by atoms with Gasteiger partial charge in [-0.2, -0.15) is 22.0 Å². The predicted octanol–water partition coefficient (Wildman–Crippen LogP) is 8.08. The number of nitrogens with zero attached hydrogens (tertiary/aromatic N) is 1. The van der Waals surface area contributed by atoms with Gasteiger partial charge in [0.25, 0.3) is 0 Å². The Balaban J connectivity index is 1.10. The molecule has 0 bridgehead atoms. The maximum absolute atomic E-state index is 13.3. The molecule has 1 heterocycles. The number of benzene rings is 2. The van der Waals surface area contributed by atoms with Gasteiger partial charge in [0, 0.05) is 53.2 Å². The minimum atomic E-state index is -5.60. The Morgan fingerprint density at radius 2 is 1.76 bits per heavy atom. The van der Waals surface area contributed by atoms with E-state index in [1.165, 1.54) is 5.56 Å². The van der Waals surface area contributed by atoms with Crippen LogP contribution in [0.3, 0.4) is 0 Å². The summed E-state index contributed by atoms with van der Waals surface area (Å²) < 4.78 is 88.0. The zero-order chi connectivity index (χ0) is 35.7. The van der Waals surface area contributed by atoms with Crippen LogP contribution >= 0.6 is 0 Å². The fourth-order valence-corrected chi connectivity index (χ4v) is 10.3. The van der Waals surface area contributed by atoms with Crippen molar-refractivity contribution in [2.75, 3.05) is 48.0 Å². The van der Waals surface area contributed by atoms with E-state index < -0.39 is 41.8 Å². The van der Waals surface area contributed by atoms with Gasteiger partial charge in [-0.15, -0.1) is 0 Å². The Morgan fingerprint density at radius 3 is 2.48 bits per heavy atom. The first-order chi connectivity index (χ1) is 23.7. The molecule has 0 radical (unpaired) electrons. The number of halogens is 5. The van der Waals surface area contributed by atoms with Crippen molar-refractivity contribution in [3.05, 3.63) is 53.6 Å². The second kappa shape index (κ2) is 15.1. The van der Waals surface area contributed by atoms with E-state index in [0.717, 1.165) is 56.4 Å². The lowest BCUT2D eigenvalue weighted by molar-refractivity contribution is -0.284. The van der Waals surface area contributed by atoms with Gasteiger partial charge in [0.15, 0.2) is 0 Å². The Morgan fingerprint density at radius 1 is 1.04 bits per heavy atom. The van der Waals surface area contributed by atoms with Crippen LogP contribution in [-0.2, 0) is 22.0 Å². The molecule has 2 saturated carbocycles. The second-order valence-electron chi connectivity index (χ2n) is 14.7. The molecule has 2 aromatic carbocycles. The highest BCUT2D eigenvalue weighted by atomic mass is 32.2. The van der Waals surface area contributed by atoms with Crippen LogP contribution < -0.4 is 15.0 Å². The molecule has 2 N–H and O–H groups in total. The summed E-state index contributed by atoms with van der Waals surface area (Å²) >= 11 is 0. The molecule has 2 aromatic rings. The Kier molecular flexibility index (Phi) is 11.1. The van der Waals surface area contributed by atoms with E-state index in [9.17, 15) is 36.1 Å².